The van der Waals surface area contributed by atoms with Crippen molar-refractivity contribution in [3.8, 4) is 0 Å². The summed E-state index contributed by atoms with van der Waals surface area (Å²) in [6.45, 7) is 0. The molecule has 1 aromatic rings. The third-order valence-electron chi connectivity index (χ3n) is 3.34. The molecule has 5 heteroatoms. The number of fused-ring (bicyclic) bond motifs is 1. The van der Waals surface area contributed by atoms with Crippen molar-refractivity contribution in [2.24, 2.45) is 5.73 Å². The molecule has 2 amide bonds. The molecule has 19 heavy (non-hydrogen) atoms. The highest BCUT2D eigenvalue weighted by molar-refractivity contribution is 6.31. The number of halogens is 1. The molecule has 0 saturated carbocycles. The van der Waals surface area contributed by atoms with E-state index in [1.165, 1.54) is 12.1 Å². The van der Waals surface area contributed by atoms with Gasteiger partial charge >= 0.3 is 0 Å². The molecular weight excluding hydrogens is 264 g/mol. The molecule has 1 unspecified atom stereocenters. The first-order valence-corrected chi connectivity index (χ1v) is 6.22. The number of hydrogen-bond donors (Lipinski definition) is 1. The van der Waals surface area contributed by atoms with Crippen LogP contribution in [0, 0.1) is 0 Å². The minimum atomic E-state index is -0.686. The van der Waals surface area contributed by atoms with Gasteiger partial charge in [-0.15, -0.1) is 0 Å². The number of rotatable bonds is 2. The zero-order chi connectivity index (χ0) is 13.6. The third kappa shape index (κ3) is 1.76. The molecule has 1 aliphatic carbocycles. The van der Waals surface area contributed by atoms with Gasteiger partial charge in [0, 0.05) is 17.5 Å². The second-order valence-corrected chi connectivity index (χ2v) is 5.15. The number of benzene rings is 1. The molecule has 0 aromatic heterocycles. The molecule has 1 aromatic carbocycles. The number of primary amides is 1. The summed E-state index contributed by atoms with van der Waals surface area (Å²) < 4.78 is 0. The van der Waals surface area contributed by atoms with Crippen LogP contribution in [-0.4, -0.2) is 21.7 Å². The number of hydrogen-bond acceptors (Lipinski definition) is 2. The number of alkyl halides is 1. The van der Waals surface area contributed by atoms with Crippen LogP contribution in [0.15, 0.2) is 48.2 Å². The van der Waals surface area contributed by atoms with E-state index in [1.807, 2.05) is 18.2 Å². The van der Waals surface area contributed by atoms with Crippen molar-refractivity contribution in [2.75, 3.05) is 0 Å². The number of carbonyl (C=O) groups is 2. The standard InChI is InChI=1S/C14H11ClN2O2/c15-14-8-2-1-3-11(14)17(14)13(19)10-6-4-9(5-7-10)12(16)18/h1-7H,8H2,(H2,16,18). The fourth-order valence-electron chi connectivity index (χ4n) is 2.24. The Morgan fingerprint density at radius 1 is 1.21 bits per heavy atom. The summed E-state index contributed by atoms with van der Waals surface area (Å²) in [6.07, 6.45) is 6.27. The van der Waals surface area contributed by atoms with Gasteiger partial charge in [0.1, 0.15) is 0 Å². The maximum absolute atomic E-state index is 12.3. The number of nitrogens with zero attached hydrogens (tertiary/aromatic N) is 1. The third-order valence-corrected chi connectivity index (χ3v) is 3.85. The van der Waals surface area contributed by atoms with E-state index in [-0.39, 0.29) is 5.91 Å². The maximum atomic E-state index is 12.3. The number of carbonyl (C=O) groups excluding carboxylic acids is 2. The largest absolute Gasteiger partial charge is 0.366 e. The van der Waals surface area contributed by atoms with E-state index in [1.54, 1.807) is 17.0 Å². The van der Waals surface area contributed by atoms with Crippen molar-refractivity contribution < 1.29 is 9.59 Å². The predicted molar refractivity (Wildman–Crippen MR) is 71.6 cm³/mol. The Morgan fingerprint density at radius 3 is 2.37 bits per heavy atom. The number of amides is 2. The Labute approximate surface area is 115 Å². The molecule has 4 nitrogen and oxygen atoms in total. The summed E-state index contributed by atoms with van der Waals surface area (Å²) in [7, 11) is 0. The van der Waals surface area contributed by atoms with Crippen LogP contribution >= 0.6 is 11.6 Å². The van der Waals surface area contributed by atoms with E-state index in [9.17, 15) is 9.59 Å². The molecule has 1 fully saturated rings. The lowest BCUT2D eigenvalue weighted by molar-refractivity contribution is 0.0874. The van der Waals surface area contributed by atoms with E-state index < -0.39 is 10.9 Å². The monoisotopic (exact) mass is 274 g/mol. The molecule has 3 rings (SSSR count). The Hall–Kier alpha value is -2.07. The van der Waals surface area contributed by atoms with Gasteiger partial charge in [-0.25, -0.2) is 0 Å². The number of allylic oxidation sites excluding steroid dienone is 2. The van der Waals surface area contributed by atoms with E-state index >= 15 is 0 Å². The lowest BCUT2D eigenvalue weighted by atomic mass is 10.1. The summed E-state index contributed by atoms with van der Waals surface area (Å²) in [5.74, 6) is -0.680. The van der Waals surface area contributed by atoms with Crippen LogP contribution in [0.5, 0.6) is 0 Å². The van der Waals surface area contributed by atoms with Crippen molar-refractivity contribution in [1.82, 2.24) is 4.90 Å². The molecule has 1 heterocycles. The smallest absolute Gasteiger partial charge is 0.259 e. The van der Waals surface area contributed by atoms with Gasteiger partial charge in [0.15, 0.2) is 5.00 Å². The van der Waals surface area contributed by atoms with Crippen molar-refractivity contribution in [3.05, 3.63) is 59.3 Å². The Kier molecular flexibility index (Phi) is 2.50. The highest BCUT2D eigenvalue weighted by atomic mass is 35.5. The van der Waals surface area contributed by atoms with Gasteiger partial charge < -0.3 is 5.73 Å². The Balaban J connectivity index is 1.85. The normalized spacial score (nSPS) is 23.6. The first-order chi connectivity index (χ1) is 9.04. The molecular formula is C14H11ClN2O2. The van der Waals surface area contributed by atoms with Crippen molar-refractivity contribution in [2.45, 2.75) is 11.4 Å². The fourth-order valence-corrected chi connectivity index (χ4v) is 2.60. The van der Waals surface area contributed by atoms with Gasteiger partial charge in [-0.3, -0.25) is 14.5 Å². The van der Waals surface area contributed by atoms with E-state index in [2.05, 4.69) is 0 Å². The minimum absolute atomic E-state index is 0.166. The first-order valence-electron chi connectivity index (χ1n) is 5.85. The van der Waals surface area contributed by atoms with Crippen LogP contribution < -0.4 is 5.73 Å². The zero-order valence-electron chi connectivity index (χ0n) is 9.97. The highest BCUT2D eigenvalue weighted by Gasteiger charge is 2.59. The van der Waals surface area contributed by atoms with Gasteiger partial charge in [0.05, 0.1) is 5.70 Å². The van der Waals surface area contributed by atoms with Gasteiger partial charge in [-0.05, 0) is 30.3 Å². The van der Waals surface area contributed by atoms with Gasteiger partial charge in [-0.2, -0.15) is 0 Å². The average molecular weight is 275 g/mol. The molecule has 1 aliphatic heterocycles. The van der Waals surface area contributed by atoms with Crippen LogP contribution in [0.25, 0.3) is 0 Å². The molecule has 96 valence electrons. The molecule has 1 saturated heterocycles. The van der Waals surface area contributed by atoms with Crippen molar-refractivity contribution in [3.63, 3.8) is 0 Å². The lowest BCUT2D eigenvalue weighted by Gasteiger charge is -2.07. The van der Waals surface area contributed by atoms with E-state index in [4.69, 9.17) is 17.3 Å². The minimum Gasteiger partial charge on any atom is -0.366 e. The van der Waals surface area contributed by atoms with E-state index in [0.29, 0.717) is 17.5 Å². The quantitative estimate of drug-likeness (QED) is 0.509. The Bertz CT molecular complexity index is 633. The average Bonchev–Trinajstić information content (AvgIpc) is 3.03. The fraction of sp³-hybridized carbons (Fsp3) is 0.143. The molecule has 0 radical (unpaired) electrons. The summed E-state index contributed by atoms with van der Waals surface area (Å²) in [5.41, 5.74) is 6.84. The van der Waals surface area contributed by atoms with Crippen molar-refractivity contribution in [1.29, 1.82) is 0 Å². The van der Waals surface area contributed by atoms with Crippen LogP contribution in [0.1, 0.15) is 27.1 Å². The highest BCUT2D eigenvalue weighted by Crippen LogP contribution is 2.54. The lowest BCUT2D eigenvalue weighted by Crippen LogP contribution is -2.19. The molecule has 1 atom stereocenters. The molecule has 0 bridgehead atoms. The zero-order valence-corrected chi connectivity index (χ0v) is 10.7. The second-order valence-electron chi connectivity index (χ2n) is 4.53. The molecule has 0 spiro atoms. The Morgan fingerprint density at radius 2 is 1.84 bits per heavy atom. The van der Waals surface area contributed by atoms with Crippen molar-refractivity contribution >= 4 is 23.4 Å². The van der Waals surface area contributed by atoms with Crippen LogP contribution in [0.4, 0.5) is 0 Å². The molecule has 2 N–H and O–H groups in total. The first kappa shape index (κ1) is 12.0. The topological polar surface area (TPSA) is 63.2 Å². The van der Waals surface area contributed by atoms with Gasteiger partial charge in [-0.1, -0.05) is 23.8 Å². The second kappa shape index (κ2) is 3.96. The maximum Gasteiger partial charge on any atom is 0.259 e. The van der Waals surface area contributed by atoms with Crippen LogP contribution in [-0.2, 0) is 0 Å². The van der Waals surface area contributed by atoms with E-state index in [0.717, 1.165) is 5.70 Å². The SMILES string of the molecule is NC(=O)c1ccc(C(=O)N2C3=CC=CCC32Cl)cc1. The summed E-state index contributed by atoms with van der Waals surface area (Å²) >= 11 is 6.35. The van der Waals surface area contributed by atoms with Crippen LogP contribution in [0.2, 0.25) is 0 Å². The van der Waals surface area contributed by atoms with Gasteiger partial charge in [0.25, 0.3) is 5.91 Å². The summed E-state index contributed by atoms with van der Waals surface area (Å²) in [6, 6.07) is 6.24. The number of nitrogens with two attached hydrogens (primary N) is 1. The summed E-state index contributed by atoms with van der Waals surface area (Å²) in [4.78, 5) is 24.2. The summed E-state index contributed by atoms with van der Waals surface area (Å²) in [5, 5.41) is 0. The van der Waals surface area contributed by atoms with Crippen LogP contribution in [0.3, 0.4) is 0 Å². The predicted octanol–water partition coefficient (Wildman–Crippen LogP) is 2.02. The molecule has 2 aliphatic rings. The van der Waals surface area contributed by atoms with Gasteiger partial charge in [0.2, 0.25) is 5.91 Å².